The van der Waals surface area contributed by atoms with Crippen molar-refractivity contribution in [3.05, 3.63) is 35.4 Å². The highest BCUT2D eigenvalue weighted by Gasteiger charge is 2.28. The number of thioether (sulfide) groups is 1. The molecule has 0 amide bonds. The first kappa shape index (κ1) is 15.9. The highest BCUT2D eigenvalue weighted by Crippen LogP contribution is 2.24. The van der Waals surface area contributed by atoms with E-state index in [1.54, 1.807) is 24.3 Å². The molecule has 0 saturated carbocycles. The average molecular weight is 325 g/mol. The molecule has 7 heteroatoms. The molecule has 0 radical (unpaired) electrons. The van der Waals surface area contributed by atoms with Crippen molar-refractivity contribution in [2.45, 2.75) is 18.3 Å². The summed E-state index contributed by atoms with van der Waals surface area (Å²) in [6.07, 6.45) is 0.607. The van der Waals surface area contributed by atoms with Gasteiger partial charge >= 0.3 is 5.97 Å². The van der Waals surface area contributed by atoms with Crippen LogP contribution in [-0.2, 0) is 26.0 Å². The number of nitriles is 1. The molecule has 0 bridgehead atoms. The van der Waals surface area contributed by atoms with Crippen molar-refractivity contribution in [3.8, 4) is 6.07 Å². The molecule has 1 heterocycles. The number of benzene rings is 1. The third kappa shape index (κ3) is 5.06. The number of hydrogen-bond acceptors (Lipinski definition) is 6. The lowest BCUT2D eigenvalue weighted by molar-refractivity contribution is -0.141. The first-order valence-corrected chi connectivity index (χ1v) is 9.32. The van der Waals surface area contributed by atoms with Gasteiger partial charge in [-0.15, -0.1) is 11.8 Å². The molecule has 2 rings (SSSR count). The van der Waals surface area contributed by atoms with Gasteiger partial charge in [0.1, 0.15) is 6.61 Å². The molecule has 0 N–H and O–H groups in total. The summed E-state index contributed by atoms with van der Waals surface area (Å²) < 4.78 is 27.7. The minimum absolute atomic E-state index is 0.00235. The second-order valence-corrected chi connectivity index (χ2v) is 8.32. The highest BCUT2D eigenvalue weighted by atomic mass is 32.2. The quantitative estimate of drug-likeness (QED) is 0.763. The molecular formula is C14H15NO4S2. The molecule has 1 fully saturated rings. The normalized spacial score (nSPS) is 19.9. The minimum atomic E-state index is -2.90. The predicted octanol–water partition coefficient (Wildman–Crippen LogP) is 1.52. The Morgan fingerprint density at radius 2 is 2.10 bits per heavy atom. The van der Waals surface area contributed by atoms with Crippen LogP contribution in [0.25, 0.3) is 0 Å². The third-order valence-electron chi connectivity index (χ3n) is 3.11. The van der Waals surface area contributed by atoms with Gasteiger partial charge in [-0.05, 0) is 24.1 Å². The summed E-state index contributed by atoms with van der Waals surface area (Å²) in [5.41, 5.74) is 1.37. The van der Waals surface area contributed by atoms with Crippen LogP contribution in [0, 0.1) is 11.3 Å². The molecule has 1 aliphatic rings. The Labute approximate surface area is 128 Å². The van der Waals surface area contributed by atoms with E-state index in [-0.39, 0.29) is 35.1 Å². The van der Waals surface area contributed by atoms with E-state index in [1.807, 2.05) is 6.07 Å². The second-order valence-electron chi connectivity index (χ2n) is 4.81. The van der Waals surface area contributed by atoms with Gasteiger partial charge in [0.25, 0.3) is 0 Å². The van der Waals surface area contributed by atoms with Crippen LogP contribution in [0.1, 0.15) is 17.5 Å². The van der Waals surface area contributed by atoms with Crippen molar-refractivity contribution in [2.75, 3.05) is 17.3 Å². The van der Waals surface area contributed by atoms with Gasteiger partial charge in [-0.1, -0.05) is 12.1 Å². The average Bonchev–Trinajstić information content (AvgIpc) is 2.83. The van der Waals surface area contributed by atoms with Gasteiger partial charge in [-0.2, -0.15) is 5.26 Å². The van der Waals surface area contributed by atoms with Crippen molar-refractivity contribution in [2.24, 2.45) is 0 Å². The van der Waals surface area contributed by atoms with Crippen molar-refractivity contribution < 1.29 is 17.9 Å². The fourth-order valence-corrected chi connectivity index (χ4v) is 5.40. The van der Waals surface area contributed by atoms with E-state index < -0.39 is 9.84 Å². The lowest BCUT2D eigenvalue weighted by Crippen LogP contribution is -2.12. The fourth-order valence-electron chi connectivity index (χ4n) is 1.96. The molecule has 0 spiro atoms. The predicted molar refractivity (Wildman–Crippen MR) is 80.5 cm³/mol. The Morgan fingerprint density at radius 1 is 1.38 bits per heavy atom. The molecule has 1 saturated heterocycles. The number of carbonyl (C=O) groups excluding carboxylic acids is 1. The molecule has 1 aliphatic heterocycles. The van der Waals surface area contributed by atoms with Crippen LogP contribution in [-0.4, -0.2) is 36.9 Å². The number of hydrogen-bond donors (Lipinski definition) is 0. The molecular weight excluding hydrogens is 310 g/mol. The van der Waals surface area contributed by atoms with E-state index in [1.165, 1.54) is 11.8 Å². The summed E-state index contributed by atoms with van der Waals surface area (Å²) >= 11 is 1.34. The van der Waals surface area contributed by atoms with Crippen molar-refractivity contribution in [3.63, 3.8) is 0 Å². The largest absolute Gasteiger partial charge is 0.460 e. The maximum absolute atomic E-state index is 11.6. The van der Waals surface area contributed by atoms with Crippen LogP contribution in [0.15, 0.2) is 24.3 Å². The van der Waals surface area contributed by atoms with Crippen LogP contribution in [0.4, 0.5) is 0 Å². The first-order valence-electron chi connectivity index (χ1n) is 6.45. The highest BCUT2D eigenvalue weighted by molar-refractivity contribution is 8.02. The Bertz CT molecular complexity index is 647. The van der Waals surface area contributed by atoms with E-state index in [9.17, 15) is 13.2 Å². The molecule has 1 aromatic carbocycles. The van der Waals surface area contributed by atoms with Gasteiger partial charge < -0.3 is 4.74 Å². The third-order valence-corrected chi connectivity index (χ3v) is 6.37. The maximum atomic E-state index is 11.6. The zero-order valence-electron chi connectivity index (χ0n) is 11.3. The van der Waals surface area contributed by atoms with Crippen LogP contribution in [0.3, 0.4) is 0 Å². The zero-order chi connectivity index (χ0) is 15.3. The number of ether oxygens (including phenoxy) is 1. The van der Waals surface area contributed by atoms with Crippen molar-refractivity contribution in [1.82, 2.24) is 0 Å². The van der Waals surface area contributed by atoms with E-state index in [0.29, 0.717) is 12.0 Å². The molecule has 0 unspecified atom stereocenters. The minimum Gasteiger partial charge on any atom is -0.460 e. The van der Waals surface area contributed by atoms with Crippen LogP contribution in [0.5, 0.6) is 0 Å². The van der Waals surface area contributed by atoms with E-state index >= 15 is 0 Å². The van der Waals surface area contributed by atoms with E-state index in [4.69, 9.17) is 10.00 Å². The lowest BCUT2D eigenvalue weighted by atomic mass is 10.2. The van der Waals surface area contributed by atoms with Crippen LogP contribution in [0.2, 0.25) is 0 Å². The summed E-state index contributed by atoms with van der Waals surface area (Å²) in [6.45, 7) is 0.161. The van der Waals surface area contributed by atoms with Gasteiger partial charge in [-0.3, -0.25) is 4.79 Å². The standard InChI is InChI=1S/C14H15NO4S2/c15-7-11-1-3-12(4-2-11)8-19-14(16)9-20-13-5-6-21(17,18)10-13/h1-4,13H,5-6,8-10H2/t13-/m0/s1. The SMILES string of the molecule is N#Cc1ccc(COC(=O)CS[C@H]2CCS(=O)(=O)C2)cc1. The summed E-state index contributed by atoms with van der Waals surface area (Å²) in [4.78, 5) is 11.6. The van der Waals surface area contributed by atoms with E-state index in [2.05, 4.69) is 0 Å². The molecule has 1 atom stereocenters. The Kier molecular flexibility index (Phi) is 5.26. The monoisotopic (exact) mass is 325 g/mol. The van der Waals surface area contributed by atoms with Crippen LogP contribution < -0.4 is 0 Å². The lowest BCUT2D eigenvalue weighted by Gasteiger charge is -2.08. The van der Waals surface area contributed by atoms with Gasteiger partial charge in [0, 0.05) is 5.25 Å². The van der Waals surface area contributed by atoms with Gasteiger partial charge in [0.2, 0.25) is 0 Å². The second kappa shape index (κ2) is 6.96. The molecule has 1 aromatic rings. The Balaban J connectivity index is 1.71. The summed E-state index contributed by atoms with van der Waals surface area (Å²) in [7, 11) is -2.90. The molecule has 21 heavy (non-hydrogen) atoms. The Hall–Kier alpha value is -1.52. The number of carbonyl (C=O) groups is 1. The number of sulfone groups is 1. The molecule has 5 nitrogen and oxygen atoms in total. The van der Waals surface area contributed by atoms with Gasteiger partial charge in [-0.25, -0.2) is 8.42 Å². The van der Waals surface area contributed by atoms with Crippen LogP contribution >= 0.6 is 11.8 Å². The summed E-state index contributed by atoms with van der Waals surface area (Å²) in [5, 5.41) is 8.67. The maximum Gasteiger partial charge on any atom is 0.316 e. The smallest absolute Gasteiger partial charge is 0.316 e. The van der Waals surface area contributed by atoms with Gasteiger partial charge in [0.15, 0.2) is 9.84 Å². The number of esters is 1. The number of rotatable bonds is 5. The molecule has 0 aliphatic carbocycles. The topological polar surface area (TPSA) is 84.2 Å². The first-order chi connectivity index (χ1) is 9.98. The molecule has 112 valence electrons. The molecule has 0 aromatic heterocycles. The van der Waals surface area contributed by atoms with E-state index in [0.717, 1.165) is 5.56 Å². The Morgan fingerprint density at radius 3 is 2.67 bits per heavy atom. The zero-order valence-corrected chi connectivity index (χ0v) is 13.0. The van der Waals surface area contributed by atoms with Gasteiger partial charge in [0.05, 0.1) is 28.9 Å². The summed E-state index contributed by atoms with van der Waals surface area (Å²) in [5.74, 6) is 0.177. The van der Waals surface area contributed by atoms with Crippen molar-refractivity contribution in [1.29, 1.82) is 5.26 Å². The fraction of sp³-hybridized carbons (Fsp3) is 0.429. The van der Waals surface area contributed by atoms with Crippen molar-refractivity contribution >= 4 is 27.6 Å². The number of nitrogens with zero attached hydrogens (tertiary/aromatic N) is 1. The summed E-state index contributed by atoms with van der Waals surface area (Å²) in [6, 6.07) is 8.83.